The van der Waals surface area contributed by atoms with Crippen LogP contribution in [0.15, 0.2) is 18.5 Å². The van der Waals surface area contributed by atoms with E-state index in [1.54, 1.807) is 12.4 Å². The van der Waals surface area contributed by atoms with Gasteiger partial charge in [0.25, 0.3) is 0 Å². The van der Waals surface area contributed by atoms with Gasteiger partial charge in [0.05, 0.1) is 11.7 Å². The van der Waals surface area contributed by atoms with E-state index in [0.717, 1.165) is 30.5 Å². The first-order chi connectivity index (χ1) is 8.75. The molecule has 0 spiro atoms. The summed E-state index contributed by atoms with van der Waals surface area (Å²) in [6.07, 6.45) is 3.43. The molecule has 6 nitrogen and oxygen atoms in total. The number of aromatic nitrogens is 3. The summed E-state index contributed by atoms with van der Waals surface area (Å²) in [6, 6.07) is 2.21. The first-order valence-corrected chi connectivity index (χ1v) is 6.10. The Labute approximate surface area is 105 Å². The Kier molecular flexibility index (Phi) is 2.71. The van der Waals surface area contributed by atoms with Gasteiger partial charge in [0.2, 0.25) is 5.95 Å². The molecule has 3 heterocycles. The van der Waals surface area contributed by atoms with Crippen LogP contribution >= 0.6 is 0 Å². The predicted octanol–water partition coefficient (Wildman–Crippen LogP) is 0.405. The molecule has 0 amide bonds. The van der Waals surface area contributed by atoms with Gasteiger partial charge in [-0.1, -0.05) is 0 Å². The maximum absolute atomic E-state index is 5.99. The summed E-state index contributed by atoms with van der Waals surface area (Å²) >= 11 is 0. The van der Waals surface area contributed by atoms with Crippen LogP contribution in [0.4, 0.5) is 11.8 Å². The minimum atomic E-state index is 0.368. The lowest BCUT2D eigenvalue weighted by molar-refractivity contribution is 0.493. The van der Waals surface area contributed by atoms with E-state index in [4.69, 9.17) is 5.73 Å². The maximum atomic E-state index is 5.99. The summed E-state index contributed by atoms with van der Waals surface area (Å²) in [6.45, 7) is 4.93. The highest BCUT2D eigenvalue weighted by Crippen LogP contribution is 2.21. The molecule has 1 fully saturated rings. The molecule has 18 heavy (non-hydrogen) atoms. The fourth-order valence-corrected chi connectivity index (χ4v) is 2.26. The van der Waals surface area contributed by atoms with Crippen LogP contribution in [0.1, 0.15) is 6.92 Å². The first kappa shape index (κ1) is 11.2. The van der Waals surface area contributed by atoms with E-state index in [0.29, 0.717) is 17.8 Å². The molecule has 0 aliphatic carbocycles. The van der Waals surface area contributed by atoms with Crippen LogP contribution in [0, 0.1) is 0 Å². The maximum Gasteiger partial charge on any atom is 0.228 e. The Morgan fingerprint density at radius 2 is 2.33 bits per heavy atom. The van der Waals surface area contributed by atoms with Crippen molar-refractivity contribution in [3.63, 3.8) is 0 Å². The van der Waals surface area contributed by atoms with Gasteiger partial charge in [0.1, 0.15) is 5.82 Å². The molecule has 0 radical (unpaired) electrons. The Bertz CT molecular complexity index is 569. The van der Waals surface area contributed by atoms with Gasteiger partial charge in [-0.25, -0.2) is 4.98 Å². The molecular formula is C12H16N6. The van der Waals surface area contributed by atoms with E-state index in [1.165, 1.54) is 0 Å². The number of nitrogen functional groups attached to an aromatic ring is 1. The van der Waals surface area contributed by atoms with Gasteiger partial charge >= 0.3 is 0 Å². The minimum absolute atomic E-state index is 0.368. The van der Waals surface area contributed by atoms with Crippen molar-refractivity contribution in [1.82, 2.24) is 20.3 Å². The van der Waals surface area contributed by atoms with Crippen LogP contribution in [0.2, 0.25) is 0 Å². The average molecular weight is 244 g/mol. The fourth-order valence-electron chi connectivity index (χ4n) is 2.26. The lowest BCUT2D eigenvalue weighted by Crippen LogP contribution is -2.50. The second-order valence-electron chi connectivity index (χ2n) is 4.55. The monoisotopic (exact) mass is 244 g/mol. The van der Waals surface area contributed by atoms with Crippen molar-refractivity contribution in [3.05, 3.63) is 18.5 Å². The molecule has 94 valence electrons. The number of nitrogens with one attached hydrogen (secondary N) is 1. The van der Waals surface area contributed by atoms with E-state index in [1.807, 2.05) is 6.07 Å². The molecule has 1 aliphatic heterocycles. The molecule has 1 aliphatic rings. The van der Waals surface area contributed by atoms with Gasteiger partial charge < -0.3 is 16.0 Å². The fraction of sp³-hybridized carbons (Fsp3) is 0.417. The normalized spacial score (nSPS) is 20.3. The van der Waals surface area contributed by atoms with Gasteiger partial charge in [-0.3, -0.25) is 4.98 Å². The third-order valence-electron chi connectivity index (χ3n) is 3.28. The molecule has 6 heteroatoms. The zero-order valence-corrected chi connectivity index (χ0v) is 10.3. The molecule has 0 bridgehead atoms. The predicted molar refractivity (Wildman–Crippen MR) is 71.4 cm³/mol. The highest BCUT2D eigenvalue weighted by molar-refractivity contribution is 5.88. The lowest BCUT2D eigenvalue weighted by Gasteiger charge is -2.34. The number of nitrogens with zero attached hydrogens (tertiary/aromatic N) is 4. The van der Waals surface area contributed by atoms with Crippen molar-refractivity contribution >= 4 is 22.7 Å². The third kappa shape index (κ3) is 1.84. The molecule has 3 N–H and O–H groups in total. The highest BCUT2D eigenvalue weighted by atomic mass is 15.3. The van der Waals surface area contributed by atoms with Crippen molar-refractivity contribution < 1.29 is 0 Å². The molecule has 1 atom stereocenters. The van der Waals surface area contributed by atoms with Crippen molar-refractivity contribution in [3.8, 4) is 0 Å². The van der Waals surface area contributed by atoms with Gasteiger partial charge in [-0.15, -0.1) is 0 Å². The van der Waals surface area contributed by atoms with Gasteiger partial charge in [-0.05, 0) is 13.0 Å². The van der Waals surface area contributed by atoms with Crippen LogP contribution in [0.3, 0.4) is 0 Å². The third-order valence-corrected chi connectivity index (χ3v) is 3.28. The Morgan fingerprint density at radius 3 is 3.17 bits per heavy atom. The minimum Gasteiger partial charge on any atom is -0.383 e. The number of nitrogens with two attached hydrogens (primary N) is 1. The second kappa shape index (κ2) is 4.38. The Morgan fingerprint density at radius 1 is 1.44 bits per heavy atom. The zero-order chi connectivity index (χ0) is 12.5. The second-order valence-corrected chi connectivity index (χ2v) is 4.55. The quantitative estimate of drug-likeness (QED) is 0.756. The summed E-state index contributed by atoms with van der Waals surface area (Å²) in [5.41, 5.74) is 6.78. The summed E-state index contributed by atoms with van der Waals surface area (Å²) < 4.78 is 0. The lowest BCUT2D eigenvalue weighted by atomic mass is 10.2. The molecule has 0 aromatic carbocycles. The topological polar surface area (TPSA) is 80.0 Å². The van der Waals surface area contributed by atoms with Crippen molar-refractivity contribution in [1.29, 1.82) is 0 Å². The van der Waals surface area contributed by atoms with Crippen LogP contribution in [0.5, 0.6) is 0 Å². The van der Waals surface area contributed by atoms with Gasteiger partial charge in [0, 0.05) is 37.3 Å². The Balaban J connectivity index is 2.06. The average Bonchev–Trinajstić information content (AvgIpc) is 2.39. The first-order valence-electron chi connectivity index (χ1n) is 6.10. The summed E-state index contributed by atoms with van der Waals surface area (Å²) in [7, 11) is 0. The SMILES string of the molecule is CC1CNCCN1c1nc(N)c2ccncc2n1. The molecule has 1 saturated heterocycles. The summed E-state index contributed by atoms with van der Waals surface area (Å²) in [5.74, 6) is 1.21. The number of pyridine rings is 1. The number of fused-ring (bicyclic) bond motifs is 1. The smallest absolute Gasteiger partial charge is 0.228 e. The van der Waals surface area contributed by atoms with Crippen molar-refractivity contribution in [2.45, 2.75) is 13.0 Å². The van der Waals surface area contributed by atoms with Crippen LogP contribution in [-0.4, -0.2) is 40.6 Å². The molecular weight excluding hydrogens is 228 g/mol. The number of anilines is 2. The number of hydrogen-bond donors (Lipinski definition) is 2. The van der Waals surface area contributed by atoms with E-state index in [2.05, 4.69) is 32.1 Å². The summed E-state index contributed by atoms with van der Waals surface area (Å²) in [4.78, 5) is 15.2. The number of piperazine rings is 1. The van der Waals surface area contributed by atoms with Gasteiger partial charge in [0.15, 0.2) is 0 Å². The molecule has 3 rings (SSSR count). The standard InChI is InChI=1S/C12H16N6/c1-8-6-15-4-5-18(8)12-16-10-7-14-3-2-9(10)11(13)17-12/h2-3,7-8,15H,4-6H2,1H3,(H2,13,16,17). The van der Waals surface area contributed by atoms with Crippen LogP contribution in [-0.2, 0) is 0 Å². The largest absolute Gasteiger partial charge is 0.383 e. The van der Waals surface area contributed by atoms with Gasteiger partial charge in [-0.2, -0.15) is 4.98 Å². The Hall–Kier alpha value is -1.95. The van der Waals surface area contributed by atoms with Crippen molar-refractivity contribution in [2.75, 3.05) is 30.3 Å². The van der Waals surface area contributed by atoms with E-state index in [-0.39, 0.29) is 0 Å². The van der Waals surface area contributed by atoms with E-state index in [9.17, 15) is 0 Å². The van der Waals surface area contributed by atoms with E-state index < -0.39 is 0 Å². The number of hydrogen-bond acceptors (Lipinski definition) is 6. The van der Waals surface area contributed by atoms with Crippen LogP contribution in [0.25, 0.3) is 10.9 Å². The molecule has 2 aromatic rings. The zero-order valence-electron chi connectivity index (χ0n) is 10.3. The number of rotatable bonds is 1. The van der Waals surface area contributed by atoms with E-state index >= 15 is 0 Å². The van der Waals surface area contributed by atoms with Crippen LogP contribution < -0.4 is 16.0 Å². The summed E-state index contributed by atoms with van der Waals surface area (Å²) in [5, 5.41) is 4.20. The highest BCUT2D eigenvalue weighted by Gasteiger charge is 2.21. The van der Waals surface area contributed by atoms with Crippen molar-refractivity contribution in [2.24, 2.45) is 0 Å². The molecule has 2 aromatic heterocycles. The molecule has 1 unspecified atom stereocenters. The molecule has 0 saturated carbocycles.